The smallest absolute Gasteiger partial charge is 0.323 e. The van der Waals surface area contributed by atoms with E-state index in [1.807, 2.05) is 19.1 Å². The number of carbonyl (C=O) groups is 1. The van der Waals surface area contributed by atoms with Crippen LogP contribution in [0.5, 0.6) is 5.75 Å². The van der Waals surface area contributed by atoms with Gasteiger partial charge < -0.3 is 20.5 Å². The Hall–Kier alpha value is -2.79. The number of amidine groups is 1. The van der Waals surface area contributed by atoms with Gasteiger partial charge in [0.2, 0.25) is 10.0 Å². The number of rotatable bonds is 11. The van der Waals surface area contributed by atoms with Gasteiger partial charge in [-0.1, -0.05) is 18.2 Å². The summed E-state index contributed by atoms with van der Waals surface area (Å²) in [5.41, 5.74) is 8.33. The standard InChI is InChI=1S/C26H34N4O5S.2ClH/c1-3-34-25(31)18-36(32,33)30(14-4-5-20-15-19(2)16-21(17-20)26(27)28)22-6-8-23(9-7-22)35-24-10-12-29-13-11-24;;/h4-9,15-17,24,29H,3,10-14,18H2,1-2H3,(H3,27,28);2*1H/b5-4+;;. The van der Waals surface area contributed by atoms with Crippen LogP contribution < -0.4 is 20.1 Å². The van der Waals surface area contributed by atoms with E-state index in [1.54, 1.807) is 49.4 Å². The third-order valence-electron chi connectivity index (χ3n) is 5.65. The second kappa shape index (κ2) is 15.6. The number of ether oxygens (including phenoxy) is 2. The molecule has 0 amide bonds. The van der Waals surface area contributed by atoms with Gasteiger partial charge in [-0.05, 0) is 87.3 Å². The maximum absolute atomic E-state index is 13.2. The van der Waals surface area contributed by atoms with E-state index in [9.17, 15) is 13.2 Å². The van der Waals surface area contributed by atoms with E-state index in [-0.39, 0.29) is 49.9 Å². The SMILES string of the molecule is CCOC(=O)CS(=O)(=O)N(C/C=C/c1cc(C)cc(C(=N)N)c1)c1ccc(OC2CCNCC2)cc1.Cl.Cl. The summed E-state index contributed by atoms with van der Waals surface area (Å²) in [6, 6.07) is 12.3. The van der Waals surface area contributed by atoms with Crippen molar-refractivity contribution in [1.29, 1.82) is 5.41 Å². The van der Waals surface area contributed by atoms with Crippen LogP contribution in [-0.2, 0) is 19.6 Å². The van der Waals surface area contributed by atoms with Gasteiger partial charge in [0, 0.05) is 5.56 Å². The molecule has 0 bridgehead atoms. The summed E-state index contributed by atoms with van der Waals surface area (Å²) in [6.45, 7) is 5.44. The first-order valence-electron chi connectivity index (χ1n) is 11.9. The van der Waals surface area contributed by atoms with Gasteiger partial charge in [-0.3, -0.25) is 14.5 Å². The number of hydrogen-bond donors (Lipinski definition) is 3. The maximum Gasteiger partial charge on any atom is 0.323 e. The van der Waals surface area contributed by atoms with Gasteiger partial charge in [0.1, 0.15) is 17.7 Å². The fourth-order valence-corrected chi connectivity index (χ4v) is 5.25. The average Bonchev–Trinajstić information content (AvgIpc) is 2.82. The van der Waals surface area contributed by atoms with Crippen LogP contribution in [0.1, 0.15) is 36.5 Å². The summed E-state index contributed by atoms with van der Waals surface area (Å²) in [5.74, 6) is -0.942. The molecule has 0 spiro atoms. The van der Waals surface area contributed by atoms with E-state index in [0.717, 1.165) is 37.1 Å². The zero-order chi connectivity index (χ0) is 26.1. The van der Waals surface area contributed by atoms with E-state index in [0.29, 0.717) is 17.0 Å². The molecule has 1 aliphatic rings. The number of piperidine rings is 1. The molecule has 1 aliphatic heterocycles. The molecule has 0 unspecified atom stereocenters. The van der Waals surface area contributed by atoms with Gasteiger partial charge in [0.25, 0.3) is 0 Å². The minimum absolute atomic E-state index is 0. The van der Waals surface area contributed by atoms with Gasteiger partial charge >= 0.3 is 5.97 Å². The quantitative estimate of drug-likeness (QED) is 0.208. The number of anilines is 1. The lowest BCUT2D eigenvalue weighted by Crippen LogP contribution is -2.36. The third-order valence-corrected chi connectivity index (χ3v) is 7.28. The van der Waals surface area contributed by atoms with Gasteiger partial charge in [0.15, 0.2) is 5.75 Å². The first-order chi connectivity index (χ1) is 17.2. The normalized spacial score (nSPS) is 13.7. The van der Waals surface area contributed by atoms with Crippen LogP contribution in [0.4, 0.5) is 5.69 Å². The first kappa shape index (κ1) is 33.2. The Morgan fingerprint density at radius 2 is 1.82 bits per heavy atom. The molecular formula is C26H36Cl2N4O5S. The number of nitrogens with zero attached hydrogens (tertiary/aromatic N) is 1. The Kier molecular flexibility index (Phi) is 13.6. The van der Waals surface area contributed by atoms with Crippen LogP contribution in [0.25, 0.3) is 6.08 Å². The highest BCUT2D eigenvalue weighted by Gasteiger charge is 2.26. The lowest BCUT2D eigenvalue weighted by molar-refractivity contribution is -0.139. The van der Waals surface area contributed by atoms with Crippen molar-refractivity contribution < 1.29 is 22.7 Å². The van der Waals surface area contributed by atoms with Crippen molar-refractivity contribution in [3.05, 3.63) is 65.2 Å². The lowest BCUT2D eigenvalue weighted by atomic mass is 10.1. The zero-order valence-electron chi connectivity index (χ0n) is 21.5. The van der Waals surface area contributed by atoms with E-state index in [1.165, 1.54) is 4.31 Å². The average molecular weight is 588 g/mol. The zero-order valence-corrected chi connectivity index (χ0v) is 24.0. The predicted molar refractivity (Wildman–Crippen MR) is 156 cm³/mol. The second-order valence-electron chi connectivity index (χ2n) is 8.60. The molecular weight excluding hydrogens is 551 g/mol. The van der Waals surface area contributed by atoms with Crippen molar-refractivity contribution in [1.82, 2.24) is 5.32 Å². The summed E-state index contributed by atoms with van der Waals surface area (Å²) in [4.78, 5) is 12.0. The molecule has 12 heteroatoms. The number of nitrogens with two attached hydrogens (primary N) is 1. The van der Waals surface area contributed by atoms with Crippen LogP contribution in [0.2, 0.25) is 0 Å². The molecule has 1 saturated heterocycles. The molecule has 3 rings (SSSR count). The van der Waals surface area contributed by atoms with E-state index in [2.05, 4.69) is 5.32 Å². The monoisotopic (exact) mass is 586 g/mol. The molecule has 2 aromatic carbocycles. The topological polar surface area (TPSA) is 135 Å². The lowest BCUT2D eigenvalue weighted by Gasteiger charge is -2.25. The minimum Gasteiger partial charge on any atom is -0.490 e. The summed E-state index contributed by atoms with van der Waals surface area (Å²) in [6.07, 6.45) is 5.41. The van der Waals surface area contributed by atoms with Crippen molar-refractivity contribution in [2.24, 2.45) is 5.73 Å². The number of esters is 1. The molecule has 0 aromatic heterocycles. The molecule has 0 radical (unpaired) electrons. The number of carbonyl (C=O) groups excluding carboxylic acids is 1. The van der Waals surface area contributed by atoms with Crippen molar-refractivity contribution in [3.63, 3.8) is 0 Å². The van der Waals surface area contributed by atoms with Crippen LogP contribution in [0.3, 0.4) is 0 Å². The molecule has 0 atom stereocenters. The van der Waals surface area contributed by atoms with Crippen LogP contribution in [-0.4, -0.2) is 58.3 Å². The maximum atomic E-state index is 13.2. The Morgan fingerprint density at radius 1 is 1.16 bits per heavy atom. The van der Waals surface area contributed by atoms with E-state index in [4.69, 9.17) is 20.6 Å². The van der Waals surface area contributed by atoms with Crippen molar-refractivity contribution in [3.8, 4) is 5.75 Å². The van der Waals surface area contributed by atoms with Gasteiger partial charge in [-0.25, -0.2) is 8.42 Å². The molecule has 0 aliphatic carbocycles. The highest BCUT2D eigenvalue weighted by Crippen LogP contribution is 2.24. The number of nitrogens with one attached hydrogen (secondary N) is 2. The van der Waals surface area contributed by atoms with E-state index >= 15 is 0 Å². The summed E-state index contributed by atoms with van der Waals surface area (Å²) < 4.78 is 38.4. The number of hydrogen-bond acceptors (Lipinski definition) is 7. The van der Waals surface area contributed by atoms with Crippen LogP contribution in [0, 0.1) is 12.3 Å². The molecule has 4 N–H and O–H groups in total. The largest absolute Gasteiger partial charge is 0.490 e. The summed E-state index contributed by atoms with van der Waals surface area (Å²) in [5, 5.41) is 11.0. The molecule has 2 aromatic rings. The second-order valence-corrected chi connectivity index (χ2v) is 10.5. The fraction of sp³-hybridized carbons (Fsp3) is 0.385. The number of sulfonamides is 1. The minimum atomic E-state index is -4.02. The Balaban J connectivity index is 0.00000361. The molecule has 0 saturated carbocycles. The Morgan fingerprint density at radius 3 is 2.42 bits per heavy atom. The van der Waals surface area contributed by atoms with Crippen LogP contribution in [0.15, 0.2) is 48.5 Å². The predicted octanol–water partition coefficient (Wildman–Crippen LogP) is 3.67. The van der Waals surface area contributed by atoms with Crippen LogP contribution >= 0.6 is 24.8 Å². The molecule has 210 valence electrons. The third kappa shape index (κ3) is 9.83. The molecule has 38 heavy (non-hydrogen) atoms. The summed E-state index contributed by atoms with van der Waals surface area (Å²) >= 11 is 0. The van der Waals surface area contributed by atoms with Gasteiger partial charge in [0.05, 0.1) is 18.8 Å². The highest BCUT2D eigenvalue weighted by atomic mass is 35.5. The molecule has 9 nitrogen and oxygen atoms in total. The summed E-state index contributed by atoms with van der Waals surface area (Å²) in [7, 11) is -4.02. The Labute approximate surface area is 237 Å². The van der Waals surface area contributed by atoms with Crippen molar-refractivity contribution >= 4 is 58.4 Å². The Bertz CT molecular complexity index is 1200. The number of benzene rings is 2. The molecule has 1 heterocycles. The number of aryl methyl sites for hydroxylation is 1. The fourth-order valence-electron chi connectivity index (χ4n) is 3.95. The van der Waals surface area contributed by atoms with Gasteiger partial charge in [-0.15, -0.1) is 24.8 Å². The first-order valence-corrected chi connectivity index (χ1v) is 13.5. The molecule has 1 fully saturated rings. The van der Waals surface area contributed by atoms with Crippen molar-refractivity contribution in [2.75, 3.05) is 36.3 Å². The number of halogens is 2. The highest BCUT2D eigenvalue weighted by molar-refractivity contribution is 7.93. The number of nitrogen functional groups attached to an aromatic ring is 1. The van der Waals surface area contributed by atoms with Crippen molar-refractivity contribution in [2.45, 2.75) is 32.8 Å². The van der Waals surface area contributed by atoms with Gasteiger partial charge in [-0.2, -0.15) is 0 Å². The van der Waals surface area contributed by atoms with E-state index < -0.39 is 21.7 Å².